The topological polar surface area (TPSA) is 46.9 Å². The molecule has 1 aliphatic rings. The van der Waals surface area contributed by atoms with Crippen molar-refractivity contribution in [3.05, 3.63) is 53.6 Å². The Hall–Kier alpha value is -2.10. The number of carbonyl (C=O) groups excluding carboxylic acids is 1. The predicted molar refractivity (Wildman–Crippen MR) is 91.3 cm³/mol. The number of rotatable bonds is 6. The second-order valence-electron chi connectivity index (χ2n) is 6.39. The molecule has 122 valence electrons. The third kappa shape index (κ3) is 4.01. The average Bonchev–Trinajstić information content (AvgIpc) is 3.18. The number of nitrogens with zero attached hydrogens (tertiary/aromatic N) is 2. The molecule has 1 aliphatic carbocycles. The van der Waals surface area contributed by atoms with Crippen LogP contribution in [0.5, 0.6) is 0 Å². The van der Waals surface area contributed by atoms with E-state index in [-0.39, 0.29) is 5.91 Å². The molecule has 23 heavy (non-hydrogen) atoms. The number of carbonyl (C=O) groups is 1. The van der Waals surface area contributed by atoms with Crippen molar-refractivity contribution >= 4 is 5.91 Å². The summed E-state index contributed by atoms with van der Waals surface area (Å²) in [7, 11) is 0. The minimum Gasteiger partial charge on any atom is -0.355 e. The fourth-order valence-electron chi connectivity index (χ4n) is 3.50. The quantitative estimate of drug-likeness (QED) is 0.890. The van der Waals surface area contributed by atoms with Crippen molar-refractivity contribution in [3.63, 3.8) is 0 Å². The van der Waals surface area contributed by atoms with Gasteiger partial charge in [-0.15, -0.1) is 0 Å². The molecule has 0 bridgehead atoms. The predicted octanol–water partition coefficient (Wildman–Crippen LogP) is 3.21. The maximum absolute atomic E-state index is 12.0. The Bertz CT molecular complexity index is 642. The van der Waals surface area contributed by atoms with Crippen molar-refractivity contribution in [2.45, 2.75) is 51.5 Å². The van der Waals surface area contributed by atoms with Crippen LogP contribution in [0.3, 0.4) is 0 Å². The number of amides is 1. The number of hydrogen-bond donors (Lipinski definition) is 1. The van der Waals surface area contributed by atoms with E-state index in [0.29, 0.717) is 19.0 Å². The standard InChI is InChI=1S/C19H25N3O/c1-15-14-21-18(22(15)17-9-5-6-10-17)11-12-20-19(23)13-16-7-3-2-4-8-16/h2-4,7-8,14,17H,5-6,9-13H2,1H3,(H,20,23). The zero-order valence-electron chi connectivity index (χ0n) is 13.8. The van der Waals surface area contributed by atoms with Gasteiger partial charge in [0, 0.05) is 30.9 Å². The molecule has 1 saturated carbocycles. The van der Waals surface area contributed by atoms with Gasteiger partial charge in [-0.1, -0.05) is 43.2 Å². The first kappa shape index (κ1) is 15.8. The molecule has 0 spiro atoms. The van der Waals surface area contributed by atoms with Gasteiger partial charge in [-0.2, -0.15) is 0 Å². The molecule has 0 saturated heterocycles. The number of benzene rings is 1. The first-order chi connectivity index (χ1) is 11.2. The second-order valence-corrected chi connectivity index (χ2v) is 6.39. The molecule has 0 atom stereocenters. The molecule has 0 unspecified atom stereocenters. The second kappa shape index (κ2) is 7.44. The number of aromatic nitrogens is 2. The van der Waals surface area contributed by atoms with Crippen LogP contribution in [0.1, 0.15) is 48.8 Å². The highest BCUT2D eigenvalue weighted by atomic mass is 16.1. The van der Waals surface area contributed by atoms with Gasteiger partial charge in [0.05, 0.1) is 6.42 Å². The Morgan fingerprint density at radius 2 is 2.00 bits per heavy atom. The fraction of sp³-hybridized carbons (Fsp3) is 0.474. The van der Waals surface area contributed by atoms with E-state index in [2.05, 4.69) is 21.8 Å². The highest BCUT2D eigenvalue weighted by Crippen LogP contribution is 2.31. The summed E-state index contributed by atoms with van der Waals surface area (Å²) in [6.07, 6.45) is 8.33. The number of hydrogen-bond acceptors (Lipinski definition) is 2. The molecule has 3 rings (SSSR count). The van der Waals surface area contributed by atoms with Gasteiger partial charge in [0.15, 0.2) is 0 Å². The van der Waals surface area contributed by atoms with Gasteiger partial charge >= 0.3 is 0 Å². The molecule has 0 aliphatic heterocycles. The van der Waals surface area contributed by atoms with Crippen molar-refractivity contribution in [1.82, 2.24) is 14.9 Å². The van der Waals surface area contributed by atoms with Gasteiger partial charge in [-0.05, 0) is 25.3 Å². The Kier molecular flexibility index (Phi) is 5.11. The van der Waals surface area contributed by atoms with Crippen LogP contribution in [-0.2, 0) is 17.6 Å². The normalized spacial score (nSPS) is 15.0. The number of aryl methyl sites for hydroxylation is 1. The van der Waals surface area contributed by atoms with Crippen molar-refractivity contribution in [3.8, 4) is 0 Å². The molecule has 1 fully saturated rings. The van der Waals surface area contributed by atoms with Crippen LogP contribution in [-0.4, -0.2) is 22.0 Å². The van der Waals surface area contributed by atoms with Gasteiger partial charge in [0.1, 0.15) is 5.82 Å². The molecule has 0 radical (unpaired) electrons. The number of imidazole rings is 1. The van der Waals surface area contributed by atoms with Crippen molar-refractivity contribution in [2.75, 3.05) is 6.54 Å². The molecular formula is C19H25N3O. The molecular weight excluding hydrogens is 286 g/mol. The minimum atomic E-state index is 0.0758. The highest BCUT2D eigenvalue weighted by Gasteiger charge is 2.21. The van der Waals surface area contributed by atoms with Crippen LogP contribution < -0.4 is 5.32 Å². The summed E-state index contributed by atoms with van der Waals surface area (Å²) < 4.78 is 2.39. The van der Waals surface area contributed by atoms with E-state index >= 15 is 0 Å². The van der Waals surface area contributed by atoms with E-state index in [1.165, 1.54) is 31.4 Å². The Morgan fingerprint density at radius 3 is 2.74 bits per heavy atom. The van der Waals surface area contributed by atoms with Gasteiger partial charge in [0.25, 0.3) is 0 Å². The largest absolute Gasteiger partial charge is 0.355 e. The van der Waals surface area contributed by atoms with E-state index in [4.69, 9.17) is 0 Å². The summed E-state index contributed by atoms with van der Waals surface area (Å²) in [6, 6.07) is 10.5. The van der Waals surface area contributed by atoms with Crippen LogP contribution in [0, 0.1) is 6.92 Å². The van der Waals surface area contributed by atoms with Crippen LogP contribution >= 0.6 is 0 Å². The third-order valence-corrected chi connectivity index (χ3v) is 4.63. The Labute approximate surface area is 137 Å². The first-order valence-corrected chi connectivity index (χ1v) is 8.57. The third-order valence-electron chi connectivity index (χ3n) is 4.63. The zero-order chi connectivity index (χ0) is 16.1. The van der Waals surface area contributed by atoms with E-state index in [1.54, 1.807) is 0 Å². The van der Waals surface area contributed by atoms with E-state index < -0.39 is 0 Å². The summed E-state index contributed by atoms with van der Waals surface area (Å²) in [6.45, 7) is 2.78. The lowest BCUT2D eigenvalue weighted by Crippen LogP contribution is -2.28. The summed E-state index contributed by atoms with van der Waals surface area (Å²) >= 11 is 0. The van der Waals surface area contributed by atoms with Crippen molar-refractivity contribution in [1.29, 1.82) is 0 Å². The zero-order valence-corrected chi connectivity index (χ0v) is 13.8. The van der Waals surface area contributed by atoms with Crippen LogP contribution in [0.4, 0.5) is 0 Å². The minimum absolute atomic E-state index is 0.0758. The lowest BCUT2D eigenvalue weighted by Gasteiger charge is -2.17. The lowest BCUT2D eigenvalue weighted by atomic mass is 10.1. The fourth-order valence-corrected chi connectivity index (χ4v) is 3.50. The molecule has 1 aromatic carbocycles. The molecule has 4 heteroatoms. The van der Waals surface area contributed by atoms with Crippen LogP contribution in [0.25, 0.3) is 0 Å². The monoisotopic (exact) mass is 311 g/mol. The van der Waals surface area contributed by atoms with Gasteiger partial charge in [-0.25, -0.2) is 4.98 Å². The van der Waals surface area contributed by atoms with Crippen LogP contribution in [0.2, 0.25) is 0 Å². The summed E-state index contributed by atoms with van der Waals surface area (Å²) in [5.74, 6) is 1.18. The van der Waals surface area contributed by atoms with Gasteiger partial charge < -0.3 is 9.88 Å². The van der Waals surface area contributed by atoms with Crippen molar-refractivity contribution in [2.24, 2.45) is 0 Å². The van der Waals surface area contributed by atoms with Crippen LogP contribution in [0.15, 0.2) is 36.5 Å². The summed E-state index contributed by atoms with van der Waals surface area (Å²) in [5, 5.41) is 3.01. The summed E-state index contributed by atoms with van der Waals surface area (Å²) in [4.78, 5) is 16.6. The van der Waals surface area contributed by atoms with E-state index in [0.717, 1.165) is 17.8 Å². The summed E-state index contributed by atoms with van der Waals surface area (Å²) in [5.41, 5.74) is 2.29. The molecule has 1 aromatic heterocycles. The Balaban J connectivity index is 1.52. The van der Waals surface area contributed by atoms with Gasteiger partial charge in [0.2, 0.25) is 5.91 Å². The molecule has 2 aromatic rings. The maximum atomic E-state index is 12.0. The highest BCUT2D eigenvalue weighted by molar-refractivity contribution is 5.78. The average molecular weight is 311 g/mol. The molecule has 1 heterocycles. The van der Waals surface area contributed by atoms with E-state index in [9.17, 15) is 4.79 Å². The smallest absolute Gasteiger partial charge is 0.224 e. The molecule has 4 nitrogen and oxygen atoms in total. The van der Waals surface area contributed by atoms with Gasteiger partial charge in [-0.3, -0.25) is 4.79 Å². The molecule has 1 amide bonds. The van der Waals surface area contributed by atoms with Crippen molar-refractivity contribution < 1.29 is 4.79 Å². The lowest BCUT2D eigenvalue weighted by molar-refractivity contribution is -0.120. The maximum Gasteiger partial charge on any atom is 0.224 e. The Morgan fingerprint density at radius 1 is 1.26 bits per heavy atom. The van der Waals surface area contributed by atoms with E-state index in [1.807, 2.05) is 36.5 Å². The molecule has 1 N–H and O–H groups in total. The first-order valence-electron chi connectivity index (χ1n) is 8.57. The number of nitrogens with one attached hydrogen (secondary N) is 1. The SMILES string of the molecule is Cc1cnc(CCNC(=O)Cc2ccccc2)n1C1CCCC1.